The van der Waals surface area contributed by atoms with Crippen LogP contribution in [0.2, 0.25) is 0 Å². The monoisotopic (exact) mass is 179 g/mol. The summed E-state index contributed by atoms with van der Waals surface area (Å²) in [5, 5.41) is 14.9. The molecule has 2 nitrogen and oxygen atoms in total. The molecule has 0 amide bonds. The van der Waals surface area contributed by atoms with Crippen molar-refractivity contribution in [2.75, 3.05) is 6.61 Å². The molecule has 0 atom stereocenters. The molecule has 0 aliphatic heterocycles. The van der Waals surface area contributed by atoms with Gasteiger partial charge in [-0.3, -0.25) is 0 Å². The first kappa shape index (κ1) is 15.6. The van der Waals surface area contributed by atoms with Gasteiger partial charge in [0.15, 0.2) is 0 Å². The molecule has 0 saturated carbocycles. The zero-order valence-electron chi connectivity index (χ0n) is 4.46. The van der Waals surface area contributed by atoms with Crippen LogP contribution in [0.3, 0.4) is 0 Å². The van der Waals surface area contributed by atoms with Crippen LogP contribution in [-0.2, 0) is 32.7 Å². The van der Waals surface area contributed by atoms with Gasteiger partial charge in [-0.2, -0.15) is 0 Å². The Bertz CT molecular complexity index is 23.7. The summed E-state index contributed by atoms with van der Waals surface area (Å²) in [6.07, 6.45) is 0.750. The molecule has 0 unspecified atom stereocenters. The summed E-state index contributed by atoms with van der Waals surface area (Å²) < 4.78 is 0. The minimum atomic E-state index is 0. The second-order valence-electron chi connectivity index (χ2n) is 0.499. The molecule has 2 N–H and O–H groups in total. The predicted molar refractivity (Wildman–Crippen MR) is 25.6 cm³/mol. The Morgan fingerprint density at radius 3 is 1.71 bits per heavy atom. The van der Waals surface area contributed by atoms with Gasteiger partial charge in [-0.25, -0.2) is 0 Å². The maximum Gasteiger partial charge on any atom is 0.0719 e. The average Bonchev–Trinajstić information content (AvgIpc) is 1.39. The van der Waals surface area contributed by atoms with Crippen molar-refractivity contribution in [3.8, 4) is 0 Å². The molecule has 0 aromatic carbocycles. The smallest absolute Gasteiger partial charge is 0.0719 e. The first-order valence-corrected chi connectivity index (χ1v) is 1.69. The van der Waals surface area contributed by atoms with Crippen LogP contribution < -0.4 is 0 Å². The van der Waals surface area contributed by atoms with E-state index in [4.69, 9.17) is 10.2 Å². The van der Waals surface area contributed by atoms with E-state index in [-0.39, 0.29) is 39.3 Å². The van der Waals surface area contributed by atoms with Crippen LogP contribution in [0.15, 0.2) is 12.8 Å². The summed E-state index contributed by atoms with van der Waals surface area (Å²) in [5.74, 6) is 0. The first-order valence-electron chi connectivity index (χ1n) is 1.69. The van der Waals surface area contributed by atoms with E-state index in [1.54, 1.807) is 6.92 Å². The maximum atomic E-state index is 7.57. The third-order valence-electron chi connectivity index (χ3n) is 0. The van der Waals surface area contributed by atoms with Crippen molar-refractivity contribution in [1.82, 2.24) is 0 Å². The molecule has 0 spiro atoms. The van der Waals surface area contributed by atoms with Gasteiger partial charge in [0.25, 0.3) is 0 Å². The first-order chi connectivity index (χ1) is 2.83. The molecule has 1 radical (unpaired) electrons. The van der Waals surface area contributed by atoms with Gasteiger partial charge >= 0.3 is 0 Å². The average molecular weight is 179 g/mol. The van der Waals surface area contributed by atoms with Crippen LogP contribution in [0.1, 0.15) is 6.92 Å². The van der Waals surface area contributed by atoms with Crippen molar-refractivity contribution >= 4 is 0 Å². The fourth-order valence-electron chi connectivity index (χ4n) is 0. The third kappa shape index (κ3) is 384. The molecule has 0 heterocycles. The van der Waals surface area contributed by atoms with Gasteiger partial charge in [0.2, 0.25) is 0 Å². The topological polar surface area (TPSA) is 40.5 Å². The number of rotatable bonds is 0. The zero-order valence-corrected chi connectivity index (χ0v) is 7.30. The Hall–Kier alpha value is 0.604. The van der Waals surface area contributed by atoms with Gasteiger partial charge in [0.1, 0.15) is 0 Å². The third-order valence-corrected chi connectivity index (χ3v) is 0. The van der Waals surface area contributed by atoms with Gasteiger partial charge in [-0.1, -0.05) is 6.58 Å². The van der Waals surface area contributed by atoms with Gasteiger partial charge < -0.3 is 10.2 Å². The number of aliphatic hydroxyl groups excluding tert-OH is 2. The fraction of sp³-hybridized carbons (Fsp3) is 0.500. The van der Waals surface area contributed by atoms with Crippen LogP contribution >= 0.6 is 0 Å². The summed E-state index contributed by atoms with van der Waals surface area (Å²) in [5.41, 5.74) is 0. The van der Waals surface area contributed by atoms with E-state index in [1.807, 2.05) is 0 Å². The molecule has 0 aliphatic rings. The molecule has 0 aromatic heterocycles. The number of hydrogen-bond acceptors (Lipinski definition) is 2. The Morgan fingerprint density at radius 1 is 1.71 bits per heavy atom. The predicted octanol–water partition coefficient (Wildman–Crippen LogP) is 0.684. The van der Waals surface area contributed by atoms with Crippen LogP contribution in [0.5, 0.6) is 0 Å². The summed E-state index contributed by atoms with van der Waals surface area (Å²) in [7, 11) is 0. The molecule has 0 bridgehead atoms. The molecular weight excluding hydrogens is 169 g/mol. The second-order valence-corrected chi connectivity index (χ2v) is 0.499. The summed E-state index contributed by atoms with van der Waals surface area (Å²) in [6, 6.07) is 0. The number of aliphatic hydroxyl groups is 2. The van der Waals surface area contributed by atoms with E-state index >= 15 is 0 Å². The quantitative estimate of drug-likeness (QED) is 0.537. The molecule has 7 heavy (non-hydrogen) atoms. The van der Waals surface area contributed by atoms with Gasteiger partial charge in [0.05, 0.1) is 6.26 Å². The van der Waals surface area contributed by atoms with Crippen molar-refractivity contribution in [1.29, 1.82) is 0 Å². The van der Waals surface area contributed by atoms with Crippen molar-refractivity contribution in [2.24, 2.45) is 0 Å². The molecule has 41 valence electrons. The van der Waals surface area contributed by atoms with E-state index in [2.05, 4.69) is 6.58 Å². The minimum absolute atomic E-state index is 0. The standard InChI is InChI=1S/C2H6O.C2H4O.Y/c2*1-2-3;/h3H,2H2,1H3;2-3H,1H2;. The Labute approximate surface area is 69.1 Å². The van der Waals surface area contributed by atoms with Crippen molar-refractivity contribution in [3.63, 3.8) is 0 Å². The molecule has 0 aromatic rings. The van der Waals surface area contributed by atoms with E-state index in [0.717, 1.165) is 6.26 Å². The summed E-state index contributed by atoms with van der Waals surface area (Å²) in [4.78, 5) is 0. The van der Waals surface area contributed by atoms with E-state index in [1.165, 1.54) is 0 Å². The van der Waals surface area contributed by atoms with Crippen LogP contribution in [-0.4, -0.2) is 16.8 Å². The summed E-state index contributed by atoms with van der Waals surface area (Å²) >= 11 is 0. The zero-order chi connectivity index (χ0) is 5.41. The fourth-order valence-corrected chi connectivity index (χ4v) is 0. The van der Waals surface area contributed by atoms with Crippen LogP contribution in [0.25, 0.3) is 0 Å². The molecule has 0 rings (SSSR count). The summed E-state index contributed by atoms with van der Waals surface area (Å²) in [6.45, 7) is 4.85. The minimum Gasteiger partial charge on any atom is -0.516 e. The number of hydrogen-bond donors (Lipinski definition) is 2. The van der Waals surface area contributed by atoms with Crippen LogP contribution in [0, 0.1) is 0 Å². The molecule has 0 fully saturated rings. The Kier molecular flexibility index (Phi) is 68.4. The second kappa shape index (κ2) is 30.6. The van der Waals surface area contributed by atoms with Crippen molar-refractivity contribution in [2.45, 2.75) is 6.92 Å². The van der Waals surface area contributed by atoms with Gasteiger partial charge in [-0.05, 0) is 6.92 Å². The normalized spacial score (nSPS) is 4.29. The largest absolute Gasteiger partial charge is 0.516 e. The molecule has 0 saturated heterocycles. The Morgan fingerprint density at radius 2 is 1.71 bits per heavy atom. The van der Waals surface area contributed by atoms with E-state index in [0.29, 0.717) is 0 Å². The van der Waals surface area contributed by atoms with Crippen LogP contribution in [0.4, 0.5) is 0 Å². The van der Waals surface area contributed by atoms with E-state index < -0.39 is 0 Å². The van der Waals surface area contributed by atoms with Crippen molar-refractivity contribution in [3.05, 3.63) is 12.8 Å². The molecular formula is C4H10O2Y. The maximum absolute atomic E-state index is 7.57. The van der Waals surface area contributed by atoms with Gasteiger partial charge in [-0.15, -0.1) is 0 Å². The van der Waals surface area contributed by atoms with E-state index in [9.17, 15) is 0 Å². The van der Waals surface area contributed by atoms with Gasteiger partial charge in [0, 0.05) is 39.3 Å². The van der Waals surface area contributed by atoms with Crippen molar-refractivity contribution < 1.29 is 42.9 Å². The SMILES string of the molecule is C=CO.CCO.[Y]. The molecule has 0 aliphatic carbocycles. The molecule has 3 heteroatoms. The Balaban J connectivity index is -0.0000000400.